The van der Waals surface area contributed by atoms with Gasteiger partial charge in [0.25, 0.3) is 5.91 Å². The second-order valence-corrected chi connectivity index (χ2v) is 6.96. The third-order valence-corrected chi connectivity index (χ3v) is 5.09. The molecule has 1 aromatic heterocycles. The molecule has 0 saturated heterocycles. The maximum atomic E-state index is 12.7. The molecular formula is C18H20ClNO3S. The Morgan fingerprint density at radius 2 is 1.88 bits per heavy atom. The Kier molecular flexibility index (Phi) is 6.40. The third kappa shape index (κ3) is 4.36. The van der Waals surface area contributed by atoms with Crippen LogP contribution in [-0.4, -0.2) is 37.0 Å². The molecule has 0 radical (unpaired) electrons. The van der Waals surface area contributed by atoms with Crippen LogP contribution in [0.15, 0.2) is 36.4 Å². The molecule has 1 aromatic carbocycles. The molecule has 0 N–H and O–H groups in total. The predicted octanol–water partition coefficient (Wildman–Crippen LogP) is 4.34. The molecule has 128 valence electrons. The van der Waals surface area contributed by atoms with Gasteiger partial charge in [-0.2, -0.15) is 0 Å². The van der Waals surface area contributed by atoms with Crippen LogP contribution in [0.25, 0.3) is 10.4 Å². The standard InChI is InChI=1S/C18H20ClNO3S/c1-4-20(11-12(2)18(22)23-3)17(21)16-10-9-15(24-16)13-5-7-14(19)8-6-13/h5-10,12H,4,11H2,1-3H3. The second kappa shape index (κ2) is 8.31. The Balaban J connectivity index is 2.13. The smallest absolute Gasteiger partial charge is 0.310 e. The molecule has 0 saturated carbocycles. The van der Waals surface area contributed by atoms with Crippen LogP contribution in [0.3, 0.4) is 0 Å². The zero-order valence-corrected chi connectivity index (χ0v) is 15.5. The Bertz CT molecular complexity index is 711. The van der Waals surface area contributed by atoms with Gasteiger partial charge in [0.2, 0.25) is 0 Å². The first kappa shape index (κ1) is 18.5. The topological polar surface area (TPSA) is 46.6 Å². The third-order valence-electron chi connectivity index (χ3n) is 3.71. The molecule has 4 nitrogen and oxygen atoms in total. The van der Waals surface area contributed by atoms with Gasteiger partial charge in [0.15, 0.2) is 0 Å². The molecular weight excluding hydrogens is 346 g/mol. The minimum atomic E-state index is -0.352. The van der Waals surface area contributed by atoms with Gasteiger partial charge < -0.3 is 9.64 Å². The summed E-state index contributed by atoms with van der Waals surface area (Å²) in [6, 6.07) is 11.3. The van der Waals surface area contributed by atoms with E-state index in [1.807, 2.05) is 43.3 Å². The van der Waals surface area contributed by atoms with E-state index in [1.54, 1.807) is 11.8 Å². The summed E-state index contributed by atoms with van der Waals surface area (Å²) in [7, 11) is 1.36. The molecule has 0 aliphatic rings. The van der Waals surface area contributed by atoms with Crippen LogP contribution in [0.1, 0.15) is 23.5 Å². The molecule has 6 heteroatoms. The van der Waals surface area contributed by atoms with E-state index in [9.17, 15) is 9.59 Å². The van der Waals surface area contributed by atoms with Crippen LogP contribution in [-0.2, 0) is 9.53 Å². The number of benzene rings is 1. The van der Waals surface area contributed by atoms with Crippen molar-refractivity contribution >= 4 is 34.8 Å². The van der Waals surface area contributed by atoms with Crippen molar-refractivity contribution < 1.29 is 14.3 Å². The molecule has 1 unspecified atom stereocenters. The lowest BCUT2D eigenvalue weighted by atomic mass is 10.1. The number of nitrogens with zero attached hydrogens (tertiary/aromatic N) is 1. The highest BCUT2D eigenvalue weighted by molar-refractivity contribution is 7.17. The second-order valence-electron chi connectivity index (χ2n) is 5.44. The summed E-state index contributed by atoms with van der Waals surface area (Å²) in [6.07, 6.45) is 0. The molecule has 1 atom stereocenters. The Morgan fingerprint density at radius 1 is 1.21 bits per heavy atom. The van der Waals surface area contributed by atoms with Gasteiger partial charge in [-0.05, 0) is 36.8 Å². The van der Waals surface area contributed by atoms with Gasteiger partial charge in [0, 0.05) is 23.0 Å². The van der Waals surface area contributed by atoms with Crippen molar-refractivity contribution in [2.45, 2.75) is 13.8 Å². The van der Waals surface area contributed by atoms with E-state index in [0.717, 1.165) is 10.4 Å². The van der Waals surface area contributed by atoms with Crippen molar-refractivity contribution in [3.05, 3.63) is 46.3 Å². The first-order chi connectivity index (χ1) is 11.5. The maximum Gasteiger partial charge on any atom is 0.310 e. The van der Waals surface area contributed by atoms with E-state index in [1.165, 1.54) is 18.4 Å². The number of ether oxygens (including phenoxy) is 1. The van der Waals surface area contributed by atoms with Gasteiger partial charge in [-0.25, -0.2) is 0 Å². The minimum absolute atomic E-state index is 0.0709. The molecule has 0 fully saturated rings. The quantitative estimate of drug-likeness (QED) is 0.715. The molecule has 24 heavy (non-hydrogen) atoms. The first-order valence-electron chi connectivity index (χ1n) is 7.69. The summed E-state index contributed by atoms with van der Waals surface area (Å²) in [4.78, 5) is 27.6. The molecule has 1 amide bonds. The number of carbonyl (C=O) groups is 2. The van der Waals surface area contributed by atoms with E-state index in [4.69, 9.17) is 16.3 Å². The number of halogens is 1. The summed E-state index contributed by atoms with van der Waals surface area (Å²) in [5.74, 6) is -0.734. The highest BCUT2D eigenvalue weighted by Crippen LogP contribution is 2.29. The van der Waals surface area contributed by atoms with Gasteiger partial charge in [-0.1, -0.05) is 30.7 Å². The fraction of sp³-hybridized carbons (Fsp3) is 0.333. The van der Waals surface area contributed by atoms with Crippen LogP contribution in [0.4, 0.5) is 0 Å². The summed E-state index contributed by atoms with van der Waals surface area (Å²) in [5, 5.41) is 0.681. The average molecular weight is 366 g/mol. The van der Waals surface area contributed by atoms with E-state index in [2.05, 4.69) is 0 Å². The number of esters is 1. The van der Waals surface area contributed by atoms with Crippen LogP contribution < -0.4 is 0 Å². The lowest BCUT2D eigenvalue weighted by Crippen LogP contribution is -2.36. The van der Waals surface area contributed by atoms with Crippen LogP contribution in [0, 0.1) is 5.92 Å². The van der Waals surface area contributed by atoms with E-state index in [-0.39, 0.29) is 17.8 Å². The maximum absolute atomic E-state index is 12.7. The number of amides is 1. The average Bonchev–Trinajstić information content (AvgIpc) is 3.08. The van der Waals surface area contributed by atoms with Crippen molar-refractivity contribution in [2.75, 3.05) is 20.2 Å². The number of thiophene rings is 1. The van der Waals surface area contributed by atoms with Crippen molar-refractivity contribution in [2.24, 2.45) is 5.92 Å². The number of hydrogen-bond donors (Lipinski definition) is 0. The van der Waals surface area contributed by atoms with Crippen LogP contribution in [0.5, 0.6) is 0 Å². The monoisotopic (exact) mass is 365 g/mol. The molecule has 0 bridgehead atoms. The fourth-order valence-corrected chi connectivity index (χ4v) is 3.45. The Labute approximate surface area is 151 Å². The zero-order chi connectivity index (χ0) is 17.7. The molecule has 1 heterocycles. The van der Waals surface area contributed by atoms with E-state index < -0.39 is 0 Å². The number of hydrogen-bond acceptors (Lipinski definition) is 4. The normalized spacial score (nSPS) is 11.8. The Hall–Kier alpha value is -1.85. The van der Waals surface area contributed by atoms with Crippen molar-refractivity contribution in [1.82, 2.24) is 4.90 Å². The highest BCUT2D eigenvalue weighted by atomic mass is 35.5. The summed E-state index contributed by atoms with van der Waals surface area (Å²) >= 11 is 7.34. The van der Waals surface area contributed by atoms with Crippen molar-refractivity contribution in [3.8, 4) is 10.4 Å². The molecule has 2 rings (SSSR count). The number of rotatable bonds is 6. The summed E-state index contributed by atoms with van der Waals surface area (Å²) in [6.45, 7) is 4.54. The number of methoxy groups -OCH3 is 1. The zero-order valence-electron chi connectivity index (χ0n) is 13.9. The van der Waals surface area contributed by atoms with Crippen molar-refractivity contribution in [3.63, 3.8) is 0 Å². The van der Waals surface area contributed by atoms with Crippen LogP contribution >= 0.6 is 22.9 Å². The fourth-order valence-electron chi connectivity index (χ4n) is 2.34. The predicted molar refractivity (Wildman–Crippen MR) is 97.5 cm³/mol. The molecule has 0 aliphatic carbocycles. The molecule has 0 spiro atoms. The van der Waals surface area contributed by atoms with Gasteiger partial charge in [0.05, 0.1) is 17.9 Å². The van der Waals surface area contributed by atoms with E-state index >= 15 is 0 Å². The molecule has 2 aromatic rings. The van der Waals surface area contributed by atoms with Gasteiger partial charge in [0.1, 0.15) is 0 Å². The Morgan fingerprint density at radius 3 is 2.46 bits per heavy atom. The van der Waals surface area contributed by atoms with Gasteiger partial charge in [-0.15, -0.1) is 11.3 Å². The summed E-state index contributed by atoms with van der Waals surface area (Å²) in [5.41, 5.74) is 1.02. The van der Waals surface area contributed by atoms with Gasteiger partial charge in [-0.3, -0.25) is 9.59 Å². The minimum Gasteiger partial charge on any atom is -0.469 e. The van der Waals surface area contributed by atoms with Gasteiger partial charge >= 0.3 is 5.97 Å². The SMILES string of the molecule is CCN(CC(C)C(=O)OC)C(=O)c1ccc(-c2ccc(Cl)cc2)s1. The summed E-state index contributed by atoms with van der Waals surface area (Å²) < 4.78 is 4.73. The lowest BCUT2D eigenvalue weighted by Gasteiger charge is -2.22. The van der Waals surface area contributed by atoms with E-state index in [0.29, 0.717) is 23.0 Å². The molecule has 0 aliphatic heterocycles. The lowest BCUT2D eigenvalue weighted by molar-refractivity contribution is -0.145. The van der Waals surface area contributed by atoms with Crippen molar-refractivity contribution in [1.29, 1.82) is 0 Å². The largest absolute Gasteiger partial charge is 0.469 e. The number of carbonyl (C=O) groups excluding carboxylic acids is 2. The first-order valence-corrected chi connectivity index (χ1v) is 8.88. The highest BCUT2D eigenvalue weighted by Gasteiger charge is 2.22. The van der Waals surface area contributed by atoms with Crippen LogP contribution in [0.2, 0.25) is 5.02 Å².